The maximum Gasteiger partial charge on any atom is 0.0948 e. The van der Waals surface area contributed by atoms with Gasteiger partial charge in [0, 0.05) is 6.54 Å². The van der Waals surface area contributed by atoms with Gasteiger partial charge in [0.25, 0.3) is 0 Å². The molecule has 1 rings (SSSR count). The Labute approximate surface area is 117 Å². The molecule has 0 saturated heterocycles. The lowest BCUT2D eigenvalue weighted by Gasteiger charge is -1.99. The summed E-state index contributed by atoms with van der Waals surface area (Å²) in [6.45, 7) is 5.28. The van der Waals surface area contributed by atoms with Crippen molar-refractivity contribution < 1.29 is 0 Å². The largest absolute Gasteiger partial charge is 0.225 e. The van der Waals surface area contributed by atoms with Crippen molar-refractivity contribution >= 4 is 11.7 Å². The van der Waals surface area contributed by atoms with E-state index >= 15 is 0 Å². The summed E-state index contributed by atoms with van der Waals surface area (Å²) in [6, 6.07) is 11.2. The predicted octanol–water partition coefficient (Wildman–Crippen LogP) is 5.41. The van der Waals surface area contributed by atoms with Crippen molar-refractivity contribution in [2.24, 2.45) is 9.98 Å². The first-order chi connectivity index (χ1) is 9.36. The zero-order valence-corrected chi connectivity index (χ0v) is 12.4. The Morgan fingerprint density at radius 2 is 1.63 bits per heavy atom. The number of benzene rings is 1. The molecular weight excluding hydrogens is 232 g/mol. The van der Waals surface area contributed by atoms with Crippen LogP contribution >= 0.6 is 0 Å². The highest BCUT2D eigenvalue weighted by molar-refractivity contribution is 5.52. The summed E-state index contributed by atoms with van der Waals surface area (Å²) < 4.78 is 0. The number of aliphatic imine (C=N–C) groups is 2. The summed E-state index contributed by atoms with van der Waals surface area (Å²) >= 11 is 0. The lowest BCUT2D eigenvalue weighted by atomic mass is 10.1. The van der Waals surface area contributed by atoms with Gasteiger partial charge in [0.1, 0.15) is 0 Å². The fraction of sp³-hybridized carbons (Fsp3) is 0.588. The number of unbranched alkanes of at least 4 members (excludes halogenated alkanes) is 4. The molecule has 0 unspecified atom stereocenters. The van der Waals surface area contributed by atoms with E-state index in [2.05, 4.69) is 42.0 Å². The SMILES string of the molecule is CCCCCCN=C=Nc1ccc(CCCC)cc1. The molecule has 104 valence electrons. The standard InChI is InChI=1S/C17H26N2/c1-3-5-7-8-14-18-15-19-17-12-10-16(11-13-17)9-6-4-2/h10-13H,3-9,14H2,1-2H3. The molecule has 1 aromatic carbocycles. The zero-order valence-electron chi connectivity index (χ0n) is 12.4. The molecule has 0 aromatic heterocycles. The molecule has 0 spiro atoms. The van der Waals surface area contributed by atoms with Gasteiger partial charge in [-0.2, -0.15) is 4.99 Å². The minimum atomic E-state index is 0.845. The summed E-state index contributed by atoms with van der Waals surface area (Å²) in [5.41, 5.74) is 2.33. The van der Waals surface area contributed by atoms with Gasteiger partial charge in [-0.3, -0.25) is 0 Å². The second-order valence-electron chi connectivity index (χ2n) is 4.92. The Balaban J connectivity index is 2.33. The van der Waals surface area contributed by atoms with Crippen LogP contribution in [0.3, 0.4) is 0 Å². The molecule has 0 amide bonds. The molecule has 0 N–H and O–H groups in total. The molecule has 1 aromatic rings. The van der Waals surface area contributed by atoms with E-state index in [0.717, 1.165) is 25.1 Å². The Morgan fingerprint density at radius 3 is 2.32 bits per heavy atom. The topological polar surface area (TPSA) is 24.7 Å². The van der Waals surface area contributed by atoms with Gasteiger partial charge >= 0.3 is 0 Å². The Bertz CT molecular complexity index is 386. The van der Waals surface area contributed by atoms with E-state index in [-0.39, 0.29) is 0 Å². The highest BCUT2D eigenvalue weighted by Crippen LogP contribution is 2.13. The van der Waals surface area contributed by atoms with Crippen LogP contribution in [0.25, 0.3) is 0 Å². The normalized spacial score (nSPS) is 10.0. The van der Waals surface area contributed by atoms with Gasteiger partial charge in [0.05, 0.1) is 11.7 Å². The van der Waals surface area contributed by atoms with E-state index in [1.807, 2.05) is 12.1 Å². The maximum atomic E-state index is 4.23. The second kappa shape index (κ2) is 10.5. The number of aryl methyl sites for hydroxylation is 1. The quantitative estimate of drug-likeness (QED) is 0.417. The smallest absolute Gasteiger partial charge is 0.0948 e. The third kappa shape index (κ3) is 7.58. The van der Waals surface area contributed by atoms with E-state index in [1.165, 1.54) is 37.7 Å². The fourth-order valence-electron chi connectivity index (χ4n) is 1.88. The van der Waals surface area contributed by atoms with Crippen molar-refractivity contribution in [3.8, 4) is 0 Å². The van der Waals surface area contributed by atoms with Crippen LogP contribution in [0.1, 0.15) is 57.9 Å². The Morgan fingerprint density at radius 1 is 0.895 bits per heavy atom. The summed E-state index contributed by atoms with van der Waals surface area (Å²) in [5, 5.41) is 0. The average Bonchev–Trinajstić information content (AvgIpc) is 2.45. The van der Waals surface area contributed by atoms with Crippen LogP contribution in [0.4, 0.5) is 5.69 Å². The van der Waals surface area contributed by atoms with Gasteiger partial charge in [-0.15, -0.1) is 0 Å². The van der Waals surface area contributed by atoms with Gasteiger partial charge < -0.3 is 0 Å². The Hall–Kier alpha value is -1.40. The second-order valence-corrected chi connectivity index (χ2v) is 4.92. The van der Waals surface area contributed by atoms with Crippen LogP contribution in [-0.4, -0.2) is 12.6 Å². The number of rotatable bonds is 9. The van der Waals surface area contributed by atoms with Gasteiger partial charge in [0.15, 0.2) is 0 Å². The van der Waals surface area contributed by atoms with Crippen molar-refractivity contribution in [1.82, 2.24) is 0 Å². The summed E-state index contributed by atoms with van der Waals surface area (Å²) in [6.07, 6.45) is 8.62. The van der Waals surface area contributed by atoms with E-state index in [0.29, 0.717) is 0 Å². The molecule has 0 fully saturated rings. The van der Waals surface area contributed by atoms with Gasteiger partial charge in [-0.1, -0.05) is 51.7 Å². The molecule has 0 aliphatic rings. The van der Waals surface area contributed by atoms with Crippen LogP contribution in [0, 0.1) is 0 Å². The molecule has 0 aliphatic carbocycles. The first kappa shape index (κ1) is 15.7. The van der Waals surface area contributed by atoms with Crippen molar-refractivity contribution in [3.05, 3.63) is 29.8 Å². The first-order valence-corrected chi connectivity index (χ1v) is 7.58. The molecule has 0 bridgehead atoms. The van der Waals surface area contributed by atoms with Crippen molar-refractivity contribution in [2.45, 2.75) is 58.8 Å². The van der Waals surface area contributed by atoms with Crippen molar-refractivity contribution in [2.75, 3.05) is 6.54 Å². The van der Waals surface area contributed by atoms with Gasteiger partial charge in [0.2, 0.25) is 0 Å². The monoisotopic (exact) mass is 258 g/mol. The molecule has 0 radical (unpaired) electrons. The fourth-order valence-corrected chi connectivity index (χ4v) is 1.88. The third-order valence-electron chi connectivity index (χ3n) is 3.13. The molecule has 0 saturated carbocycles. The Kier molecular flexibility index (Phi) is 8.67. The van der Waals surface area contributed by atoms with E-state index in [1.54, 1.807) is 0 Å². The maximum absolute atomic E-state index is 4.23. The van der Waals surface area contributed by atoms with E-state index < -0.39 is 0 Å². The minimum Gasteiger partial charge on any atom is -0.225 e. The molecule has 0 aliphatic heterocycles. The third-order valence-corrected chi connectivity index (χ3v) is 3.13. The van der Waals surface area contributed by atoms with E-state index in [4.69, 9.17) is 0 Å². The summed E-state index contributed by atoms with van der Waals surface area (Å²) in [7, 11) is 0. The van der Waals surface area contributed by atoms with Crippen LogP contribution in [0.15, 0.2) is 34.3 Å². The molecular formula is C17H26N2. The van der Waals surface area contributed by atoms with Crippen molar-refractivity contribution in [1.29, 1.82) is 0 Å². The van der Waals surface area contributed by atoms with Crippen molar-refractivity contribution in [3.63, 3.8) is 0 Å². The highest BCUT2D eigenvalue weighted by Gasteiger charge is 1.92. The number of hydrogen-bond donors (Lipinski definition) is 0. The lowest BCUT2D eigenvalue weighted by Crippen LogP contribution is -1.82. The highest BCUT2D eigenvalue weighted by atomic mass is 14.8. The molecule has 2 nitrogen and oxygen atoms in total. The first-order valence-electron chi connectivity index (χ1n) is 7.58. The van der Waals surface area contributed by atoms with E-state index in [9.17, 15) is 0 Å². The number of hydrogen-bond acceptors (Lipinski definition) is 2. The minimum absolute atomic E-state index is 0.845. The molecule has 0 heterocycles. The number of nitrogens with zero attached hydrogens (tertiary/aromatic N) is 2. The van der Waals surface area contributed by atoms with Crippen LogP contribution in [0.2, 0.25) is 0 Å². The van der Waals surface area contributed by atoms with Crippen LogP contribution in [-0.2, 0) is 6.42 Å². The molecule has 0 atom stereocenters. The lowest BCUT2D eigenvalue weighted by molar-refractivity contribution is 0.676. The predicted molar refractivity (Wildman–Crippen MR) is 83.6 cm³/mol. The summed E-state index contributed by atoms with van der Waals surface area (Å²) in [5.74, 6) is 0. The van der Waals surface area contributed by atoms with Crippen LogP contribution in [0.5, 0.6) is 0 Å². The molecule has 19 heavy (non-hydrogen) atoms. The average molecular weight is 258 g/mol. The molecule has 2 heteroatoms. The van der Waals surface area contributed by atoms with Gasteiger partial charge in [-0.05, 0) is 37.0 Å². The zero-order chi connectivity index (χ0) is 13.8. The van der Waals surface area contributed by atoms with Gasteiger partial charge in [-0.25, -0.2) is 4.99 Å². The van der Waals surface area contributed by atoms with Crippen LogP contribution < -0.4 is 0 Å². The summed E-state index contributed by atoms with van der Waals surface area (Å²) in [4.78, 5) is 8.42.